The Labute approximate surface area is 162 Å². The zero-order valence-corrected chi connectivity index (χ0v) is 15.9. The Balaban J connectivity index is 1.66. The van der Waals surface area contributed by atoms with Crippen LogP contribution in [0.2, 0.25) is 5.02 Å². The number of rotatable bonds is 4. The first-order valence-electron chi connectivity index (χ1n) is 8.45. The van der Waals surface area contributed by atoms with Gasteiger partial charge in [0.05, 0.1) is 25.2 Å². The molecule has 142 valence electrons. The molecular weight excluding hydrogens is 370 g/mol. The van der Waals surface area contributed by atoms with Crippen LogP contribution in [-0.4, -0.2) is 60.0 Å². The highest BCUT2D eigenvalue weighted by atomic mass is 35.5. The third-order valence-electron chi connectivity index (χ3n) is 4.33. The molecule has 0 radical (unpaired) electrons. The Morgan fingerprint density at radius 3 is 2.48 bits per heavy atom. The van der Waals surface area contributed by atoms with Crippen LogP contribution in [0.3, 0.4) is 0 Å². The van der Waals surface area contributed by atoms with E-state index in [1.54, 1.807) is 36.2 Å². The second-order valence-corrected chi connectivity index (χ2v) is 6.49. The van der Waals surface area contributed by atoms with Crippen LogP contribution in [0.15, 0.2) is 30.6 Å². The number of nitrogens with zero attached hydrogens (tertiary/aromatic N) is 4. The summed E-state index contributed by atoms with van der Waals surface area (Å²) in [5, 5.41) is 3.21. The van der Waals surface area contributed by atoms with Gasteiger partial charge in [0.2, 0.25) is 5.91 Å². The molecule has 2 heterocycles. The van der Waals surface area contributed by atoms with Crippen LogP contribution in [-0.2, 0) is 4.79 Å². The first-order valence-corrected chi connectivity index (χ1v) is 8.83. The van der Waals surface area contributed by atoms with E-state index in [-0.39, 0.29) is 11.6 Å². The summed E-state index contributed by atoms with van der Waals surface area (Å²) in [6, 6.07) is 4.96. The first-order chi connectivity index (χ1) is 13.0. The molecule has 0 bridgehead atoms. The number of carbonyl (C=O) groups excluding carboxylic acids is 2. The Hall–Kier alpha value is -2.87. The molecule has 1 aromatic carbocycles. The van der Waals surface area contributed by atoms with E-state index in [4.69, 9.17) is 16.3 Å². The summed E-state index contributed by atoms with van der Waals surface area (Å²) < 4.78 is 5.22. The maximum atomic E-state index is 12.4. The Morgan fingerprint density at radius 1 is 1.15 bits per heavy atom. The summed E-state index contributed by atoms with van der Waals surface area (Å²) in [6.45, 7) is 4.22. The van der Waals surface area contributed by atoms with Crippen molar-refractivity contribution >= 4 is 34.9 Å². The van der Waals surface area contributed by atoms with Crippen LogP contribution in [0.25, 0.3) is 0 Å². The molecule has 8 nitrogen and oxygen atoms in total. The lowest BCUT2D eigenvalue weighted by molar-refractivity contribution is -0.129. The number of nitrogens with one attached hydrogen (secondary N) is 1. The minimum absolute atomic E-state index is 0.0733. The molecule has 0 aliphatic carbocycles. The maximum Gasteiger partial charge on any atom is 0.275 e. The van der Waals surface area contributed by atoms with Crippen molar-refractivity contribution in [2.24, 2.45) is 0 Å². The SMILES string of the molecule is COc1ccc(Cl)cc1NC(=O)c1cnc(N2CCN(C(C)=O)CC2)cn1. The topological polar surface area (TPSA) is 87.7 Å². The van der Waals surface area contributed by atoms with Crippen molar-refractivity contribution in [3.63, 3.8) is 0 Å². The van der Waals surface area contributed by atoms with Gasteiger partial charge in [-0.05, 0) is 18.2 Å². The van der Waals surface area contributed by atoms with Gasteiger partial charge in [-0.25, -0.2) is 9.97 Å². The standard InChI is InChI=1S/C18H20ClN5O3/c1-12(25)23-5-7-24(8-6-23)17-11-20-15(10-21-17)18(26)22-14-9-13(19)3-4-16(14)27-2/h3-4,9-11H,5-8H2,1-2H3,(H,22,26). The predicted octanol–water partition coefficient (Wildman–Crippen LogP) is 2.06. The van der Waals surface area contributed by atoms with Crippen molar-refractivity contribution in [1.29, 1.82) is 0 Å². The molecule has 1 saturated heterocycles. The molecule has 0 unspecified atom stereocenters. The molecule has 27 heavy (non-hydrogen) atoms. The number of anilines is 2. The highest BCUT2D eigenvalue weighted by Gasteiger charge is 2.20. The van der Waals surface area contributed by atoms with Gasteiger partial charge < -0.3 is 19.9 Å². The number of aromatic nitrogens is 2. The van der Waals surface area contributed by atoms with Gasteiger partial charge in [0, 0.05) is 38.1 Å². The molecule has 1 aliphatic rings. The van der Waals surface area contributed by atoms with Crippen LogP contribution >= 0.6 is 11.6 Å². The van der Waals surface area contributed by atoms with Crippen molar-refractivity contribution in [2.75, 3.05) is 43.5 Å². The van der Waals surface area contributed by atoms with E-state index in [2.05, 4.69) is 15.3 Å². The third-order valence-corrected chi connectivity index (χ3v) is 4.56. The number of hydrogen-bond acceptors (Lipinski definition) is 6. The predicted molar refractivity (Wildman–Crippen MR) is 102 cm³/mol. The fourth-order valence-corrected chi connectivity index (χ4v) is 2.99. The summed E-state index contributed by atoms with van der Waals surface area (Å²) in [5.41, 5.74) is 0.643. The highest BCUT2D eigenvalue weighted by molar-refractivity contribution is 6.31. The average molecular weight is 390 g/mol. The Morgan fingerprint density at radius 2 is 1.89 bits per heavy atom. The largest absolute Gasteiger partial charge is 0.495 e. The normalized spacial score (nSPS) is 14.0. The van der Waals surface area contributed by atoms with Crippen LogP contribution < -0.4 is 15.0 Å². The minimum Gasteiger partial charge on any atom is -0.495 e. The van der Waals surface area contributed by atoms with Crippen LogP contribution in [0.4, 0.5) is 11.5 Å². The number of ether oxygens (including phenoxy) is 1. The molecule has 1 fully saturated rings. The molecule has 0 saturated carbocycles. The van der Waals surface area contributed by atoms with E-state index in [1.807, 2.05) is 4.90 Å². The highest BCUT2D eigenvalue weighted by Crippen LogP contribution is 2.28. The molecule has 3 rings (SSSR count). The van der Waals surface area contributed by atoms with Gasteiger partial charge >= 0.3 is 0 Å². The zero-order chi connectivity index (χ0) is 19.4. The number of piperazine rings is 1. The van der Waals surface area contributed by atoms with E-state index in [0.29, 0.717) is 48.5 Å². The van der Waals surface area contributed by atoms with E-state index in [9.17, 15) is 9.59 Å². The molecule has 2 amide bonds. The smallest absolute Gasteiger partial charge is 0.275 e. The fraction of sp³-hybridized carbons (Fsp3) is 0.333. The van der Waals surface area contributed by atoms with Gasteiger partial charge in [0.1, 0.15) is 17.3 Å². The lowest BCUT2D eigenvalue weighted by Crippen LogP contribution is -2.48. The summed E-state index contributed by atoms with van der Waals surface area (Å²) in [4.78, 5) is 36.2. The number of carbonyl (C=O) groups is 2. The van der Waals surface area contributed by atoms with Crippen LogP contribution in [0, 0.1) is 0 Å². The van der Waals surface area contributed by atoms with Crippen molar-refractivity contribution in [2.45, 2.75) is 6.92 Å². The lowest BCUT2D eigenvalue weighted by atomic mass is 10.2. The van der Waals surface area contributed by atoms with Gasteiger partial charge in [-0.2, -0.15) is 0 Å². The molecule has 2 aromatic rings. The third kappa shape index (κ3) is 4.46. The quantitative estimate of drug-likeness (QED) is 0.861. The van der Waals surface area contributed by atoms with Crippen molar-refractivity contribution < 1.29 is 14.3 Å². The van der Waals surface area contributed by atoms with Crippen LogP contribution in [0.1, 0.15) is 17.4 Å². The van der Waals surface area contributed by atoms with E-state index in [1.165, 1.54) is 13.3 Å². The molecule has 1 aromatic heterocycles. The molecule has 0 atom stereocenters. The second kappa shape index (κ2) is 8.22. The summed E-state index contributed by atoms with van der Waals surface area (Å²) >= 11 is 5.97. The molecule has 0 spiro atoms. The van der Waals surface area contributed by atoms with Gasteiger partial charge in [0.15, 0.2) is 0 Å². The monoisotopic (exact) mass is 389 g/mol. The number of amides is 2. The summed E-state index contributed by atoms with van der Waals surface area (Å²) in [7, 11) is 1.51. The molecule has 9 heteroatoms. The van der Waals surface area contributed by atoms with Gasteiger partial charge in [0.25, 0.3) is 5.91 Å². The summed E-state index contributed by atoms with van der Waals surface area (Å²) in [5.74, 6) is 0.843. The van der Waals surface area contributed by atoms with Gasteiger partial charge in [-0.3, -0.25) is 9.59 Å². The average Bonchev–Trinajstić information content (AvgIpc) is 2.68. The number of halogens is 1. The van der Waals surface area contributed by atoms with Crippen molar-refractivity contribution in [3.8, 4) is 5.75 Å². The molecule has 1 aliphatic heterocycles. The molecule has 1 N–H and O–H groups in total. The van der Waals surface area contributed by atoms with E-state index < -0.39 is 5.91 Å². The summed E-state index contributed by atoms with van der Waals surface area (Å²) in [6.07, 6.45) is 2.99. The minimum atomic E-state index is -0.406. The number of methoxy groups -OCH3 is 1. The second-order valence-electron chi connectivity index (χ2n) is 6.05. The lowest BCUT2D eigenvalue weighted by Gasteiger charge is -2.34. The Kier molecular flexibility index (Phi) is 5.75. The number of hydrogen-bond donors (Lipinski definition) is 1. The maximum absolute atomic E-state index is 12.4. The van der Waals surface area contributed by atoms with Crippen molar-refractivity contribution in [1.82, 2.24) is 14.9 Å². The first kappa shape index (κ1) is 18.9. The van der Waals surface area contributed by atoms with E-state index >= 15 is 0 Å². The molecular formula is C18H20ClN5O3. The van der Waals surface area contributed by atoms with Crippen molar-refractivity contribution in [3.05, 3.63) is 41.3 Å². The van der Waals surface area contributed by atoms with Gasteiger partial charge in [-0.15, -0.1) is 0 Å². The fourth-order valence-electron chi connectivity index (χ4n) is 2.82. The van der Waals surface area contributed by atoms with Crippen LogP contribution in [0.5, 0.6) is 5.75 Å². The number of benzene rings is 1. The van der Waals surface area contributed by atoms with Gasteiger partial charge in [-0.1, -0.05) is 11.6 Å². The Bertz CT molecular complexity index is 835. The van der Waals surface area contributed by atoms with E-state index in [0.717, 1.165) is 0 Å². The zero-order valence-electron chi connectivity index (χ0n) is 15.1.